The van der Waals surface area contributed by atoms with E-state index in [0.29, 0.717) is 10.9 Å². The van der Waals surface area contributed by atoms with Gasteiger partial charge in [0.25, 0.3) is 5.91 Å². The van der Waals surface area contributed by atoms with Crippen LogP contribution in [0.1, 0.15) is 17.0 Å². The zero-order chi connectivity index (χ0) is 20.8. The van der Waals surface area contributed by atoms with Crippen LogP contribution in [0.25, 0.3) is 10.8 Å². The lowest BCUT2D eigenvalue weighted by Crippen LogP contribution is -2.20. The van der Waals surface area contributed by atoms with Gasteiger partial charge < -0.3 is 9.47 Å². The molecule has 2 aromatic carbocycles. The van der Waals surface area contributed by atoms with Crippen LogP contribution in [-0.2, 0) is 4.79 Å². The Kier molecular flexibility index (Phi) is 6.66. The molecule has 0 saturated heterocycles. The van der Waals surface area contributed by atoms with Crippen LogP contribution < -0.4 is 14.9 Å². The smallest absolute Gasteiger partial charge is 0.250 e. The Morgan fingerprint density at radius 3 is 2.52 bits per heavy atom. The van der Waals surface area contributed by atoms with Gasteiger partial charge in [-0.15, -0.1) is 0 Å². The van der Waals surface area contributed by atoms with Gasteiger partial charge in [-0.05, 0) is 48.9 Å². The third-order valence-corrected chi connectivity index (χ3v) is 4.97. The second-order valence-electron chi connectivity index (χ2n) is 6.28. The molecular formula is C21H22N4O3S. The molecule has 150 valence electrons. The zero-order valence-electron chi connectivity index (χ0n) is 16.7. The average molecular weight is 410 g/mol. The lowest BCUT2D eigenvalue weighted by Gasteiger charge is -2.10. The van der Waals surface area contributed by atoms with E-state index in [4.69, 9.17) is 9.47 Å². The van der Waals surface area contributed by atoms with E-state index in [1.165, 1.54) is 11.8 Å². The van der Waals surface area contributed by atoms with Crippen molar-refractivity contribution in [2.24, 2.45) is 5.10 Å². The number of nitrogens with zero attached hydrogens (tertiary/aromatic N) is 3. The summed E-state index contributed by atoms with van der Waals surface area (Å²) < 4.78 is 10.8. The van der Waals surface area contributed by atoms with Gasteiger partial charge in [0.15, 0.2) is 5.16 Å². The number of hydrogen-bond donors (Lipinski definition) is 1. The van der Waals surface area contributed by atoms with Crippen molar-refractivity contribution < 1.29 is 14.3 Å². The zero-order valence-corrected chi connectivity index (χ0v) is 17.5. The summed E-state index contributed by atoms with van der Waals surface area (Å²) >= 11 is 1.27. The van der Waals surface area contributed by atoms with E-state index in [-0.39, 0.29) is 11.7 Å². The normalized spacial score (nSPS) is 11.0. The van der Waals surface area contributed by atoms with E-state index in [2.05, 4.69) is 20.5 Å². The van der Waals surface area contributed by atoms with Crippen LogP contribution in [0.4, 0.5) is 0 Å². The molecule has 0 aliphatic heterocycles. The molecule has 1 heterocycles. The lowest BCUT2D eigenvalue weighted by atomic mass is 10.0. The fraction of sp³-hybridized carbons (Fsp3) is 0.238. The van der Waals surface area contributed by atoms with Gasteiger partial charge in [-0.3, -0.25) is 4.79 Å². The first-order valence-electron chi connectivity index (χ1n) is 8.92. The van der Waals surface area contributed by atoms with Crippen LogP contribution in [0.2, 0.25) is 0 Å². The predicted octanol–water partition coefficient (Wildman–Crippen LogP) is 3.51. The molecule has 0 fully saturated rings. The van der Waals surface area contributed by atoms with Gasteiger partial charge in [0.1, 0.15) is 11.5 Å². The summed E-state index contributed by atoms with van der Waals surface area (Å²) in [7, 11) is 3.21. The standard InChI is InChI=1S/C21H22N4O3S/c1-13-9-14(2)24-21(23-13)29-12-20(26)25-22-11-18-17-10-16(27-3)7-5-15(17)6-8-19(18)28-4/h5-11H,12H2,1-4H3,(H,25,26)/b22-11-. The minimum absolute atomic E-state index is 0.167. The van der Waals surface area contributed by atoms with E-state index < -0.39 is 0 Å². The molecule has 0 aliphatic rings. The Morgan fingerprint density at radius 1 is 1.10 bits per heavy atom. The first-order chi connectivity index (χ1) is 14.0. The number of aryl methyl sites for hydroxylation is 2. The number of nitrogens with one attached hydrogen (secondary N) is 1. The maximum atomic E-state index is 12.1. The molecule has 1 aromatic heterocycles. The van der Waals surface area contributed by atoms with Crippen molar-refractivity contribution in [2.75, 3.05) is 20.0 Å². The molecule has 0 radical (unpaired) electrons. The van der Waals surface area contributed by atoms with E-state index in [9.17, 15) is 4.79 Å². The number of amides is 1. The van der Waals surface area contributed by atoms with Gasteiger partial charge >= 0.3 is 0 Å². The van der Waals surface area contributed by atoms with Crippen molar-refractivity contribution in [2.45, 2.75) is 19.0 Å². The molecule has 0 aliphatic carbocycles. The Hall–Kier alpha value is -3.13. The number of carbonyl (C=O) groups is 1. The Bertz CT molecular complexity index is 1040. The van der Waals surface area contributed by atoms with E-state index >= 15 is 0 Å². The van der Waals surface area contributed by atoms with Gasteiger partial charge in [-0.25, -0.2) is 15.4 Å². The number of rotatable bonds is 7. The molecule has 0 bridgehead atoms. The maximum absolute atomic E-state index is 12.1. The number of ether oxygens (including phenoxy) is 2. The quantitative estimate of drug-likeness (QED) is 0.278. The van der Waals surface area contributed by atoms with Crippen LogP contribution >= 0.6 is 11.8 Å². The highest BCUT2D eigenvalue weighted by molar-refractivity contribution is 7.99. The van der Waals surface area contributed by atoms with Crippen LogP contribution in [-0.4, -0.2) is 42.1 Å². The summed E-state index contributed by atoms with van der Waals surface area (Å²) in [6.07, 6.45) is 1.58. The molecule has 8 heteroatoms. The third kappa shape index (κ3) is 5.23. The van der Waals surface area contributed by atoms with Crippen LogP contribution in [0.3, 0.4) is 0 Å². The summed E-state index contributed by atoms with van der Waals surface area (Å²) in [5.74, 6) is 1.31. The minimum Gasteiger partial charge on any atom is -0.497 e. The van der Waals surface area contributed by atoms with Gasteiger partial charge in [-0.2, -0.15) is 5.10 Å². The molecule has 3 aromatic rings. The lowest BCUT2D eigenvalue weighted by molar-refractivity contribution is -0.118. The third-order valence-electron chi connectivity index (χ3n) is 4.13. The molecule has 0 atom stereocenters. The Labute approximate surface area is 173 Å². The Balaban J connectivity index is 1.72. The highest BCUT2D eigenvalue weighted by atomic mass is 32.2. The second-order valence-corrected chi connectivity index (χ2v) is 7.23. The molecule has 7 nitrogen and oxygen atoms in total. The largest absolute Gasteiger partial charge is 0.497 e. The fourth-order valence-electron chi connectivity index (χ4n) is 2.83. The number of hydrogen-bond acceptors (Lipinski definition) is 7. The number of aromatic nitrogens is 2. The summed E-state index contributed by atoms with van der Waals surface area (Å²) in [5.41, 5.74) is 5.05. The molecular weight excluding hydrogens is 388 g/mol. The maximum Gasteiger partial charge on any atom is 0.250 e. The van der Waals surface area contributed by atoms with Crippen molar-refractivity contribution in [1.29, 1.82) is 0 Å². The minimum atomic E-state index is -0.245. The summed E-state index contributed by atoms with van der Waals surface area (Å²) in [6.45, 7) is 3.80. The predicted molar refractivity (Wildman–Crippen MR) is 115 cm³/mol. The highest BCUT2D eigenvalue weighted by Crippen LogP contribution is 2.29. The monoisotopic (exact) mass is 410 g/mol. The average Bonchev–Trinajstić information content (AvgIpc) is 2.71. The van der Waals surface area contributed by atoms with Crippen LogP contribution in [0.5, 0.6) is 11.5 Å². The summed E-state index contributed by atoms with van der Waals surface area (Å²) in [4.78, 5) is 20.8. The topological polar surface area (TPSA) is 85.7 Å². The number of hydrazone groups is 1. The first-order valence-corrected chi connectivity index (χ1v) is 9.90. The van der Waals surface area contributed by atoms with Crippen LogP contribution in [0, 0.1) is 13.8 Å². The number of carbonyl (C=O) groups excluding carboxylic acids is 1. The van der Waals surface area contributed by atoms with Gasteiger partial charge in [0.05, 0.1) is 26.2 Å². The SMILES string of the molecule is COc1ccc2ccc(OC)c(/C=N\NC(=O)CSc3nc(C)cc(C)n3)c2c1. The molecule has 0 unspecified atom stereocenters. The van der Waals surface area contributed by atoms with Crippen molar-refractivity contribution in [1.82, 2.24) is 15.4 Å². The molecule has 0 saturated carbocycles. The van der Waals surface area contributed by atoms with Crippen molar-refractivity contribution in [3.05, 3.63) is 53.3 Å². The summed E-state index contributed by atoms with van der Waals surface area (Å²) in [6, 6.07) is 11.5. The number of methoxy groups -OCH3 is 2. The number of fused-ring (bicyclic) bond motifs is 1. The van der Waals surface area contributed by atoms with Crippen molar-refractivity contribution in [3.8, 4) is 11.5 Å². The van der Waals surface area contributed by atoms with Gasteiger partial charge in [0.2, 0.25) is 0 Å². The number of thioether (sulfide) groups is 1. The van der Waals surface area contributed by atoms with Crippen LogP contribution in [0.15, 0.2) is 46.7 Å². The first kappa shape index (κ1) is 20.6. The van der Waals surface area contributed by atoms with E-state index in [0.717, 1.165) is 33.5 Å². The molecule has 1 N–H and O–H groups in total. The summed E-state index contributed by atoms with van der Waals surface area (Å²) in [5, 5.41) is 6.61. The van der Waals surface area contributed by atoms with E-state index in [1.807, 2.05) is 50.2 Å². The molecule has 3 rings (SSSR count). The highest BCUT2D eigenvalue weighted by Gasteiger charge is 2.09. The van der Waals surface area contributed by atoms with Gasteiger partial charge in [0, 0.05) is 17.0 Å². The van der Waals surface area contributed by atoms with E-state index in [1.54, 1.807) is 20.4 Å². The molecule has 1 amide bonds. The van der Waals surface area contributed by atoms with Gasteiger partial charge in [-0.1, -0.05) is 23.9 Å². The fourth-order valence-corrected chi connectivity index (χ4v) is 3.57. The Morgan fingerprint density at radius 2 is 1.83 bits per heavy atom. The number of benzene rings is 2. The molecule has 0 spiro atoms. The molecule has 29 heavy (non-hydrogen) atoms. The second kappa shape index (κ2) is 9.38. The van der Waals surface area contributed by atoms with Crippen molar-refractivity contribution in [3.63, 3.8) is 0 Å². The van der Waals surface area contributed by atoms with Crippen molar-refractivity contribution >= 4 is 34.7 Å².